The van der Waals surface area contributed by atoms with E-state index in [0.717, 1.165) is 44.4 Å². The number of guanidine groups is 1. The number of hydrogen-bond donors (Lipinski definition) is 2. The van der Waals surface area contributed by atoms with E-state index < -0.39 is 0 Å². The summed E-state index contributed by atoms with van der Waals surface area (Å²) in [7, 11) is 0. The van der Waals surface area contributed by atoms with Crippen LogP contribution in [0.15, 0.2) is 23.3 Å². The number of pyridine rings is 1. The van der Waals surface area contributed by atoms with Crippen LogP contribution in [-0.2, 0) is 11.3 Å². The third-order valence-corrected chi connectivity index (χ3v) is 5.12. The predicted octanol–water partition coefficient (Wildman–Crippen LogP) is 3.43. The van der Waals surface area contributed by atoms with Gasteiger partial charge in [0.2, 0.25) is 0 Å². The van der Waals surface area contributed by atoms with Gasteiger partial charge in [-0.05, 0) is 57.1 Å². The van der Waals surface area contributed by atoms with Gasteiger partial charge in [0.25, 0.3) is 0 Å². The van der Waals surface area contributed by atoms with Crippen LogP contribution in [0.4, 0.5) is 0 Å². The number of ether oxygens (including phenoxy) is 1. The molecule has 25 heavy (non-hydrogen) atoms. The van der Waals surface area contributed by atoms with Crippen molar-refractivity contribution in [1.29, 1.82) is 0 Å². The molecule has 1 aromatic rings. The van der Waals surface area contributed by atoms with Crippen LogP contribution in [0.5, 0.6) is 0 Å². The molecular weight excluding hydrogens is 312 g/mol. The fraction of sp³-hybridized carbons (Fsp3) is 0.700. The topological polar surface area (TPSA) is 58.5 Å². The van der Waals surface area contributed by atoms with Crippen molar-refractivity contribution < 1.29 is 4.74 Å². The van der Waals surface area contributed by atoms with Gasteiger partial charge >= 0.3 is 0 Å². The lowest BCUT2D eigenvalue weighted by molar-refractivity contribution is 0.105. The number of nitrogens with one attached hydrogen (secondary N) is 2. The molecule has 140 valence electrons. The minimum absolute atomic E-state index is 0.353. The number of nitrogens with zero attached hydrogens (tertiary/aromatic N) is 2. The first-order valence-corrected chi connectivity index (χ1v) is 9.69. The number of rotatable bonds is 9. The Kier molecular flexibility index (Phi) is 8.19. The molecule has 1 saturated carbocycles. The van der Waals surface area contributed by atoms with Crippen molar-refractivity contribution in [2.24, 2.45) is 10.4 Å². The maximum atomic E-state index is 5.61. The molecule has 0 bridgehead atoms. The summed E-state index contributed by atoms with van der Waals surface area (Å²) < 4.78 is 5.61. The SMILES string of the molecule is CCNC(=NCc1ncccc1C)NCC1(CCOCC)CCCC1. The van der Waals surface area contributed by atoms with Crippen molar-refractivity contribution in [1.82, 2.24) is 15.6 Å². The van der Waals surface area contributed by atoms with Crippen molar-refractivity contribution in [3.63, 3.8) is 0 Å². The molecule has 1 aliphatic rings. The van der Waals surface area contributed by atoms with Crippen molar-refractivity contribution in [3.05, 3.63) is 29.6 Å². The molecule has 5 nitrogen and oxygen atoms in total. The third-order valence-electron chi connectivity index (χ3n) is 5.12. The Balaban J connectivity index is 1.95. The molecule has 0 amide bonds. The van der Waals surface area contributed by atoms with Crippen LogP contribution in [0.2, 0.25) is 0 Å². The minimum atomic E-state index is 0.353. The number of aliphatic imine (C=N–C) groups is 1. The average molecular weight is 347 g/mol. The fourth-order valence-corrected chi connectivity index (χ4v) is 3.52. The number of aromatic nitrogens is 1. The molecule has 5 heteroatoms. The molecule has 0 radical (unpaired) electrons. The minimum Gasteiger partial charge on any atom is -0.382 e. The van der Waals surface area contributed by atoms with E-state index in [-0.39, 0.29) is 0 Å². The van der Waals surface area contributed by atoms with E-state index >= 15 is 0 Å². The summed E-state index contributed by atoms with van der Waals surface area (Å²) in [4.78, 5) is 9.17. The summed E-state index contributed by atoms with van der Waals surface area (Å²) in [6.07, 6.45) is 8.19. The molecule has 1 heterocycles. The lowest BCUT2D eigenvalue weighted by Crippen LogP contribution is -2.43. The summed E-state index contributed by atoms with van der Waals surface area (Å²) in [6.45, 7) is 10.3. The first-order chi connectivity index (χ1) is 12.2. The largest absolute Gasteiger partial charge is 0.382 e. The zero-order valence-corrected chi connectivity index (χ0v) is 16.1. The van der Waals surface area contributed by atoms with Crippen LogP contribution in [0, 0.1) is 12.3 Å². The Bertz CT molecular complexity index is 538. The third kappa shape index (κ3) is 6.31. The van der Waals surface area contributed by atoms with Gasteiger partial charge in [0.05, 0.1) is 12.2 Å². The molecule has 0 atom stereocenters. The molecule has 1 fully saturated rings. The summed E-state index contributed by atoms with van der Waals surface area (Å²) in [6, 6.07) is 4.05. The molecule has 0 saturated heterocycles. The zero-order valence-electron chi connectivity index (χ0n) is 16.1. The second kappa shape index (κ2) is 10.4. The van der Waals surface area contributed by atoms with Crippen molar-refractivity contribution in [2.45, 2.75) is 59.4 Å². The van der Waals surface area contributed by atoms with Gasteiger partial charge in [0.1, 0.15) is 0 Å². The Labute approximate surface area is 152 Å². The fourth-order valence-electron chi connectivity index (χ4n) is 3.52. The Morgan fingerprint density at radius 2 is 2.08 bits per heavy atom. The Morgan fingerprint density at radius 1 is 1.28 bits per heavy atom. The van der Waals surface area contributed by atoms with Gasteiger partial charge < -0.3 is 15.4 Å². The van der Waals surface area contributed by atoms with Crippen LogP contribution in [0.25, 0.3) is 0 Å². The normalized spacial score (nSPS) is 16.8. The van der Waals surface area contributed by atoms with Gasteiger partial charge in [0.15, 0.2) is 5.96 Å². The molecule has 0 unspecified atom stereocenters. The van der Waals surface area contributed by atoms with Gasteiger partial charge in [0, 0.05) is 32.5 Å². The van der Waals surface area contributed by atoms with Gasteiger partial charge in [-0.25, -0.2) is 4.99 Å². The highest BCUT2D eigenvalue weighted by Crippen LogP contribution is 2.40. The highest BCUT2D eigenvalue weighted by Gasteiger charge is 2.33. The average Bonchev–Trinajstić information content (AvgIpc) is 3.08. The van der Waals surface area contributed by atoms with Gasteiger partial charge in [-0.2, -0.15) is 0 Å². The number of aryl methyl sites for hydroxylation is 1. The van der Waals surface area contributed by atoms with Crippen molar-refractivity contribution in [2.75, 3.05) is 26.3 Å². The second-order valence-electron chi connectivity index (χ2n) is 6.97. The molecule has 0 spiro atoms. The molecule has 0 aliphatic heterocycles. The van der Waals surface area contributed by atoms with Crippen molar-refractivity contribution in [3.8, 4) is 0 Å². The van der Waals surface area contributed by atoms with E-state index in [1.54, 1.807) is 0 Å². The van der Waals surface area contributed by atoms with Gasteiger partial charge in [-0.15, -0.1) is 0 Å². The standard InChI is InChI=1S/C20H34N4O/c1-4-21-19(23-15-18-17(3)9-8-13-22-18)24-16-20(10-6-7-11-20)12-14-25-5-2/h8-9,13H,4-7,10-12,14-16H2,1-3H3,(H2,21,23,24). The van der Waals surface area contributed by atoms with E-state index in [0.29, 0.717) is 12.0 Å². The zero-order chi connectivity index (χ0) is 18.0. The lowest BCUT2D eigenvalue weighted by atomic mass is 9.83. The molecule has 1 aromatic heterocycles. The smallest absolute Gasteiger partial charge is 0.191 e. The Hall–Kier alpha value is -1.62. The molecule has 2 rings (SSSR count). The van der Waals surface area contributed by atoms with Crippen LogP contribution in [-0.4, -0.2) is 37.2 Å². The molecule has 0 aromatic carbocycles. The molecule has 1 aliphatic carbocycles. The quantitative estimate of drug-likeness (QED) is 0.409. The predicted molar refractivity (Wildman–Crippen MR) is 104 cm³/mol. The van der Waals surface area contributed by atoms with E-state index in [9.17, 15) is 0 Å². The first-order valence-electron chi connectivity index (χ1n) is 9.69. The number of hydrogen-bond acceptors (Lipinski definition) is 3. The van der Waals surface area contributed by atoms with Crippen LogP contribution in [0.3, 0.4) is 0 Å². The summed E-state index contributed by atoms with van der Waals surface area (Å²) >= 11 is 0. The maximum Gasteiger partial charge on any atom is 0.191 e. The summed E-state index contributed by atoms with van der Waals surface area (Å²) in [5.41, 5.74) is 2.57. The van der Waals surface area contributed by atoms with Crippen LogP contribution >= 0.6 is 0 Å². The van der Waals surface area contributed by atoms with Crippen molar-refractivity contribution >= 4 is 5.96 Å². The van der Waals surface area contributed by atoms with Crippen LogP contribution in [0.1, 0.15) is 57.2 Å². The van der Waals surface area contributed by atoms with E-state index in [1.807, 2.05) is 12.3 Å². The van der Waals surface area contributed by atoms with E-state index in [4.69, 9.17) is 9.73 Å². The Morgan fingerprint density at radius 3 is 2.76 bits per heavy atom. The summed E-state index contributed by atoms with van der Waals surface area (Å²) in [5, 5.41) is 6.94. The molecule has 2 N–H and O–H groups in total. The highest BCUT2D eigenvalue weighted by molar-refractivity contribution is 5.79. The van der Waals surface area contributed by atoms with E-state index in [2.05, 4.69) is 42.5 Å². The monoisotopic (exact) mass is 346 g/mol. The highest BCUT2D eigenvalue weighted by atomic mass is 16.5. The van der Waals surface area contributed by atoms with Crippen LogP contribution < -0.4 is 10.6 Å². The second-order valence-corrected chi connectivity index (χ2v) is 6.97. The van der Waals surface area contributed by atoms with Gasteiger partial charge in [-0.3, -0.25) is 4.98 Å². The lowest BCUT2D eigenvalue weighted by Gasteiger charge is -2.30. The molecular formula is C20H34N4O. The summed E-state index contributed by atoms with van der Waals surface area (Å²) in [5.74, 6) is 0.884. The van der Waals surface area contributed by atoms with Gasteiger partial charge in [-0.1, -0.05) is 18.9 Å². The van der Waals surface area contributed by atoms with E-state index in [1.165, 1.54) is 31.2 Å². The first kappa shape index (κ1) is 19.7. The maximum absolute atomic E-state index is 5.61.